The van der Waals surface area contributed by atoms with Crippen molar-refractivity contribution in [1.29, 1.82) is 0 Å². The van der Waals surface area contributed by atoms with Gasteiger partial charge in [0.05, 0.1) is 17.7 Å². The molecule has 1 atom stereocenters. The number of nitrogens with zero attached hydrogens (tertiary/aromatic N) is 3. The second-order valence-corrected chi connectivity index (χ2v) is 5.76. The van der Waals surface area contributed by atoms with Crippen LogP contribution in [0.5, 0.6) is 5.75 Å². The number of ether oxygens (including phenoxy) is 2. The first-order chi connectivity index (χ1) is 12.7. The molecule has 0 saturated heterocycles. The maximum atomic E-state index is 12.2. The Balaban J connectivity index is 2.00. The van der Waals surface area contributed by atoms with E-state index in [2.05, 4.69) is 10.4 Å². The van der Waals surface area contributed by atoms with Crippen LogP contribution >= 0.6 is 0 Å². The van der Waals surface area contributed by atoms with Gasteiger partial charge < -0.3 is 14.8 Å². The number of para-hydroxylation sites is 2. The van der Waals surface area contributed by atoms with Crippen LogP contribution < -0.4 is 10.1 Å². The molecule has 0 bridgehead atoms. The number of aryl methyl sites for hydroxylation is 1. The minimum absolute atomic E-state index is 0.148. The molecule has 1 aromatic carbocycles. The van der Waals surface area contributed by atoms with Gasteiger partial charge in [0.25, 0.3) is 5.91 Å². The van der Waals surface area contributed by atoms with Gasteiger partial charge in [-0.15, -0.1) is 0 Å². The van der Waals surface area contributed by atoms with Crippen molar-refractivity contribution < 1.29 is 24.0 Å². The van der Waals surface area contributed by atoms with Crippen molar-refractivity contribution in [3.8, 4) is 5.75 Å². The summed E-state index contributed by atoms with van der Waals surface area (Å²) < 4.78 is 11.4. The van der Waals surface area contributed by atoms with Gasteiger partial charge in [0.1, 0.15) is 23.7 Å². The van der Waals surface area contributed by atoms with Crippen molar-refractivity contribution in [3.05, 3.63) is 45.8 Å². The molecule has 10 nitrogen and oxygen atoms in total. The third-order valence-corrected chi connectivity index (χ3v) is 3.85. The number of carbonyl (C=O) groups is 2. The van der Waals surface area contributed by atoms with E-state index in [0.29, 0.717) is 11.4 Å². The third kappa shape index (κ3) is 4.60. The molecule has 0 saturated carbocycles. The van der Waals surface area contributed by atoms with E-state index in [9.17, 15) is 19.7 Å². The van der Waals surface area contributed by atoms with Crippen LogP contribution in [0.4, 0.5) is 11.4 Å². The number of amides is 1. The predicted molar refractivity (Wildman–Crippen MR) is 95.5 cm³/mol. The smallest absolute Gasteiger partial charge is 0.328 e. The first-order valence-electron chi connectivity index (χ1n) is 8.06. The van der Waals surface area contributed by atoms with E-state index in [1.807, 2.05) is 0 Å². The molecular weight excluding hydrogens is 356 g/mol. The maximum absolute atomic E-state index is 12.2. The van der Waals surface area contributed by atoms with Gasteiger partial charge in [-0.3, -0.25) is 24.4 Å². The molecule has 0 unspecified atom stereocenters. The summed E-state index contributed by atoms with van der Waals surface area (Å²) in [5.41, 5.74) is 0.736. The standard InChI is InChI=1S/C17H20N4O6/c1-10-16(21(24)25)11(2)20(19-10)9-15(22)27-12(3)17(23)18-13-7-5-6-8-14(13)26-4/h5-8,12H,9H2,1-4H3,(H,18,23)/t12-/m1/s1. The van der Waals surface area contributed by atoms with E-state index < -0.39 is 22.9 Å². The highest BCUT2D eigenvalue weighted by Gasteiger charge is 2.25. The van der Waals surface area contributed by atoms with Crippen molar-refractivity contribution in [1.82, 2.24) is 9.78 Å². The van der Waals surface area contributed by atoms with Gasteiger partial charge in [-0.05, 0) is 32.9 Å². The molecule has 0 aliphatic rings. The third-order valence-electron chi connectivity index (χ3n) is 3.85. The minimum atomic E-state index is -1.07. The summed E-state index contributed by atoms with van der Waals surface area (Å²) >= 11 is 0. The summed E-state index contributed by atoms with van der Waals surface area (Å²) in [6.07, 6.45) is -1.07. The van der Waals surface area contributed by atoms with Crippen LogP contribution in [-0.2, 0) is 20.9 Å². The Bertz CT molecular complexity index is 876. The number of aromatic nitrogens is 2. The Kier molecular flexibility index (Phi) is 6.11. The predicted octanol–water partition coefficient (Wildman–Crippen LogP) is 1.99. The molecule has 1 N–H and O–H groups in total. The molecule has 2 aromatic rings. The van der Waals surface area contributed by atoms with Gasteiger partial charge in [0, 0.05) is 0 Å². The van der Waals surface area contributed by atoms with E-state index in [-0.39, 0.29) is 23.6 Å². The highest BCUT2D eigenvalue weighted by molar-refractivity contribution is 5.96. The second kappa shape index (κ2) is 8.30. The second-order valence-electron chi connectivity index (χ2n) is 5.76. The summed E-state index contributed by atoms with van der Waals surface area (Å²) in [4.78, 5) is 34.8. The SMILES string of the molecule is COc1ccccc1NC(=O)[C@@H](C)OC(=O)Cn1nc(C)c([N+](=O)[O-])c1C. The van der Waals surface area contributed by atoms with Crippen molar-refractivity contribution in [2.24, 2.45) is 0 Å². The van der Waals surface area contributed by atoms with Crippen LogP contribution in [0.25, 0.3) is 0 Å². The number of hydrogen-bond donors (Lipinski definition) is 1. The lowest BCUT2D eigenvalue weighted by Crippen LogP contribution is -2.31. The highest BCUT2D eigenvalue weighted by Crippen LogP contribution is 2.23. The van der Waals surface area contributed by atoms with Crippen molar-refractivity contribution in [2.45, 2.75) is 33.4 Å². The largest absolute Gasteiger partial charge is 0.495 e. The fourth-order valence-electron chi connectivity index (χ4n) is 2.50. The minimum Gasteiger partial charge on any atom is -0.495 e. The Morgan fingerprint density at radius 2 is 2.00 bits per heavy atom. The number of rotatable bonds is 7. The molecule has 2 rings (SSSR count). The Morgan fingerprint density at radius 1 is 1.33 bits per heavy atom. The van der Waals surface area contributed by atoms with E-state index in [1.165, 1.54) is 32.6 Å². The first kappa shape index (κ1) is 19.9. The summed E-state index contributed by atoms with van der Waals surface area (Å²) in [5.74, 6) is -0.801. The number of nitrogens with one attached hydrogen (secondary N) is 1. The van der Waals surface area contributed by atoms with Crippen molar-refractivity contribution in [3.63, 3.8) is 0 Å². The molecule has 0 fully saturated rings. The van der Waals surface area contributed by atoms with E-state index >= 15 is 0 Å². The van der Waals surface area contributed by atoms with Gasteiger partial charge in [0.15, 0.2) is 6.10 Å². The maximum Gasteiger partial charge on any atom is 0.328 e. The topological polar surface area (TPSA) is 126 Å². The molecule has 1 amide bonds. The van der Waals surface area contributed by atoms with Crippen LogP contribution in [-0.4, -0.2) is 39.8 Å². The lowest BCUT2D eigenvalue weighted by molar-refractivity contribution is -0.386. The normalized spacial score (nSPS) is 11.6. The molecule has 10 heteroatoms. The zero-order chi connectivity index (χ0) is 20.1. The number of hydrogen-bond acceptors (Lipinski definition) is 7. The van der Waals surface area contributed by atoms with Gasteiger partial charge in [0.2, 0.25) is 0 Å². The molecule has 27 heavy (non-hydrogen) atoms. The summed E-state index contributed by atoms with van der Waals surface area (Å²) in [6.45, 7) is 4.05. The number of anilines is 1. The van der Waals surface area contributed by atoms with Crippen LogP contribution in [0, 0.1) is 24.0 Å². The molecule has 1 aromatic heterocycles. The van der Waals surface area contributed by atoms with Gasteiger partial charge in [-0.2, -0.15) is 5.10 Å². The molecule has 1 heterocycles. The van der Waals surface area contributed by atoms with E-state index in [1.54, 1.807) is 24.3 Å². The van der Waals surface area contributed by atoms with E-state index in [0.717, 1.165) is 0 Å². The molecular formula is C17H20N4O6. The monoisotopic (exact) mass is 376 g/mol. The van der Waals surface area contributed by atoms with Crippen molar-refractivity contribution >= 4 is 23.3 Å². The van der Waals surface area contributed by atoms with Gasteiger partial charge in [-0.25, -0.2) is 0 Å². The number of esters is 1. The molecule has 0 radical (unpaired) electrons. The Hall–Kier alpha value is -3.43. The lowest BCUT2D eigenvalue weighted by Gasteiger charge is -2.15. The van der Waals surface area contributed by atoms with Crippen LogP contribution in [0.1, 0.15) is 18.3 Å². The fraction of sp³-hybridized carbons (Fsp3) is 0.353. The zero-order valence-corrected chi connectivity index (χ0v) is 15.4. The molecule has 0 spiro atoms. The summed E-state index contributed by atoms with van der Waals surface area (Å²) in [6, 6.07) is 6.82. The number of benzene rings is 1. The molecule has 0 aliphatic heterocycles. The van der Waals surface area contributed by atoms with Crippen LogP contribution in [0.2, 0.25) is 0 Å². The number of methoxy groups -OCH3 is 1. The Morgan fingerprint density at radius 3 is 2.59 bits per heavy atom. The average Bonchev–Trinajstić information content (AvgIpc) is 2.88. The zero-order valence-electron chi connectivity index (χ0n) is 15.4. The first-order valence-corrected chi connectivity index (χ1v) is 8.06. The fourth-order valence-corrected chi connectivity index (χ4v) is 2.50. The summed E-state index contributed by atoms with van der Waals surface area (Å²) in [7, 11) is 1.47. The number of nitro groups is 1. The quantitative estimate of drug-likeness (QED) is 0.445. The van der Waals surface area contributed by atoms with Crippen LogP contribution in [0.3, 0.4) is 0 Å². The van der Waals surface area contributed by atoms with Crippen LogP contribution in [0.15, 0.2) is 24.3 Å². The van der Waals surface area contributed by atoms with Gasteiger partial charge >= 0.3 is 11.7 Å². The number of carbonyl (C=O) groups excluding carboxylic acids is 2. The van der Waals surface area contributed by atoms with Crippen molar-refractivity contribution in [2.75, 3.05) is 12.4 Å². The highest BCUT2D eigenvalue weighted by atomic mass is 16.6. The summed E-state index contributed by atoms with van der Waals surface area (Å²) in [5, 5.41) is 17.6. The lowest BCUT2D eigenvalue weighted by atomic mass is 10.2. The Labute approximate surface area is 155 Å². The average molecular weight is 376 g/mol. The molecule has 0 aliphatic carbocycles. The van der Waals surface area contributed by atoms with E-state index in [4.69, 9.17) is 9.47 Å². The van der Waals surface area contributed by atoms with Gasteiger partial charge in [-0.1, -0.05) is 12.1 Å². The molecule has 144 valence electrons.